The average molecular weight is 260 g/mol. The van der Waals surface area contributed by atoms with Crippen LogP contribution in [-0.2, 0) is 4.79 Å². The summed E-state index contributed by atoms with van der Waals surface area (Å²) in [6, 6.07) is 7.33. The zero-order chi connectivity index (χ0) is 14.0. The number of hydrogen-bond donors (Lipinski definition) is 1. The van der Waals surface area contributed by atoms with Crippen molar-refractivity contribution in [3.8, 4) is 0 Å². The number of nitrogens with zero attached hydrogens (tertiary/aromatic N) is 3. The molecule has 2 aromatic rings. The minimum Gasteiger partial charge on any atom is -0.369 e. The first kappa shape index (κ1) is 13.4. The Kier molecular flexibility index (Phi) is 3.74. The number of likely N-dealkylation sites (N-methyl/N-ethyl adjacent to an activating group) is 1. The van der Waals surface area contributed by atoms with Crippen molar-refractivity contribution in [2.75, 3.05) is 18.8 Å². The number of amides is 1. The topological polar surface area (TPSA) is 64.2 Å². The molecule has 0 aliphatic rings. The predicted octanol–water partition coefficient (Wildman–Crippen LogP) is 2.05. The fourth-order valence-corrected chi connectivity index (χ4v) is 2.38. The van der Waals surface area contributed by atoms with Crippen LogP contribution >= 0.6 is 0 Å². The summed E-state index contributed by atoms with van der Waals surface area (Å²) >= 11 is 0. The number of nitrogens with two attached hydrogens (primary N) is 1. The molecule has 5 heteroatoms. The molecule has 19 heavy (non-hydrogen) atoms. The first-order valence-electron chi connectivity index (χ1n) is 6.61. The normalized spacial score (nSPS) is 12.6. The highest BCUT2D eigenvalue weighted by molar-refractivity contribution is 5.85. The molecule has 0 saturated carbocycles. The highest BCUT2D eigenvalue weighted by Gasteiger charge is 2.23. The predicted molar refractivity (Wildman–Crippen MR) is 76.8 cm³/mol. The molecule has 0 spiro atoms. The molecule has 5 nitrogen and oxygen atoms in total. The van der Waals surface area contributed by atoms with E-state index >= 15 is 0 Å². The van der Waals surface area contributed by atoms with Crippen LogP contribution in [0, 0.1) is 0 Å². The zero-order valence-electron chi connectivity index (χ0n) is 11.6. The van der Waals surface area contributed by atoms with Gasteiger partial charge in [-0.2, -0.15) is 0 Å². The zero-order valence-corrected chi connectivity index (χ0v) is 11.6. The Bertz CT molecular complexity index is 586. The van der Waals surface area contributed by atoms with Gasteiger partial charge in [-0.05, 0) is 32.9 Å². The molecule has 0 fully saturated rings. The number of aromatic nitrogens is 2. The lowest BCUT2D eigenvalue weighted by atomic mass is 10.2. The second-order valence-corrected chi connectivity index (χ2v) is 4.52. The van der Waals surface area contributed by atoms with E-state index in [1.54, 1.807) is 9.47 Å². The van der Waals surface area contributed by atoms with Crippen LogP contribution in [0.25, 0.3) is 11.0 Å². The highest BCUT2D eigenvalue weighted by Crippen LogP contribution is 2.23. The molecule has 0 radical (unpaired) electrons. The number of benzene rings is 1. The van der Waals surface area contributed by atoms with Crippen molar-refractivity contribution < 1.29 is 4.79 Å². The van der Waals surface area contributed by atoms with Crippen molar-refractivity contribution in [2.45, 2.75) is 26.8 Å². The fraction of sp³-hybridized carbons (Fsp3) is 0.429. The van der Waals surface area contributed by atoms with Gasteiger partial charge in [0.15, 0.2) is 0 Å². The van der Waals surface area contributed by atoms with Crippen molar-refractivity contribution in [1.82, 2.24) is 14.5 Å². The Balaban J connectivity index is 2.43. The van der Waals surface area contributed by atoms with Crippen LogP contribution in [0.4, 0.5) is 5.95 Å². The minimum atomic E-state index is -0.340. The van der Waals surface area contributed by atoms with Crippen molar-refractivity contribution in [3.05, 3.63) is 24.3 Å². The monoisotopic (exact) mass is 260 g/mol. The Labute approximate surface area is 113 Å². The molecule has 2 rings (SSSR count). The van der Waals surface area contributed by atoms with Crippen LogP contribution in [0.1, 0.15) is 26.8 Å². The Morgan fingerprint density at radius 3 is 2.63 bits per heavy atom. The van der Waals surface area contributed by atoms with Gasteiger partial charge in [-0.25, -0.2) is 4.98 Å². The lowest BCUT2D eigenvalue weighted by Crippen LogP contribution is -2.36. The summed E-state index contributed by atoms with van der Waals surface area (Å²) in [5.41, 5.74) is 7.67. The molecule has 1 unspecified atom stereocenters. The Hall–Kier alpha value is -2.04. The standard InChI is InChI=1S/C14H20N4O/c1-4-17(5-2)13(19)10(3)18-12-9-7-6-8-11(12)16-14(18)15/h6-10H,4-5H2,1-3H3,(H2,15,16). The van der Waals surface area contributed by atoms with Crippen LogP contribution in [0.2, 0.25) is 0 Å². The molecule has 0 aliphatic carbocycles. The number of rotatable bonds is 4. The molecule has 102 valence electrons. The summed E-state index contributed by atoms with van der Waals surface area (Å²) in [6.07, 6.45) is 0. The minimum absolute atomic E-state index is 0.0693. The van der Waals surface area contributed by atoms with Gasteiger partial charge in [0.2, 0.25) is 11.9 Å². The number of carbonyl (C=O) groups is 1. The molecule has 0 bridgehead atoms. The van der Waals surface area contributed by atoms with E-state index in [4.69, 9.17) is 5.73 Å². The molecular formula is C14H20N4O. The molecule has 0 saturated heterocycles. The summed E-state index contributed by atoms with van der Waals surface area (Å²) in [6.45, 7) is 7.22. The summed E-state index contributed by atoms with van der Waals surface area (Å²) < 4.78 is 1.80. The number of carbonyl (C=O) groups excluding carboxylic acids is 1. The third-order valence-electron chi connectivity index (χ3n) is 3.44. The van der Waals surface area contributed by atoms with Crippen LogP contribution in [-0.4, -0.2) is 33.4 Å². The average Bonchev–Trinajstić information content (AvgIpc) is 2.75. The van der Waals surface area contributed by atoms with E-state index in [0.29, 0.717) is 19.0 Å². The number of fused-ring (bicyclic) bond motifs is 1. The van der Waals surface area contributed by atoms with Crippen LogP contribution < -0.4 is 5.73 Å². The SMILES string of the molecule is CCN(CC)C(=O)C(C)n1c(N)nc2ccccc21. The van der Waals surface area contributed by atoms with Gasteiger partial charge in [-0.15, -0.1) is 0 Å². The Morgan fingerprint density at radius 1 is 1.37 bits per heavy atom. The van der Waals surface area contributed by atoms with Gasteiger partial charge < -0.3 is 10.6 Å². The van der Waals surface area contributed by atoms with E-state index in [1.807, 2.05) is 45.0 Å². The van der Waals surface area contributed by atoms with Gasteiger partial charge in [0.05, 0.1) is 11.0 Å². The van der Waals surface area contributed by atoms with Gasteiger partial charge in [0, 0.05) is 13.1 Å². The molecular weight excluding hydrogens is 240 g/mol. The number of hydrogen-bond acceptors (Lipinski definition) is 3. The summed E-state index contributed by atoms with van der Waals surface area (Å²) in [5, 5.41) is 0. The molecule has 1 aromatic heterocycles. The van der Waals surface area contributed by atoms with Gasteiger partial charge >= 0.3 is 0 Å². The maximum Gasteiger partial charge on any atom is 0.245 e. The van der Waals surface area contributed by atoms with Crippen LogP contribution in [0.15, 0.2) is 24.3 Å². The van der Waals surface area contributed by atoms with E-state index in [0.717, 1.165) is 11.0 Å². The molecule has 1 atom stereocenters. The third-order valence-corrected chi connectivity index (χ3v) is 3.44. The molecule has 0 aliphatic heterocycles. The molecule has 1 amide bonds. The lowest BCUT2D eigenvalue weighted by Gasteiger charge is -2.24. The van der Waals surface area contributed by atoms with E-state index in [2.05, 4.69) is 4.98 Å². The van der Waals surface area contributed by atoms with Crippen molar-refractivity contribution in [1.29, 1.82) is 0 Å². The number of nitrogen functional groups attached to an aromatic ring is 1. The van der Waals surface area contributed by atoms with Gasteiger partial charge in [0.1, 0.15) is 6.04 Å². The van der Waals surface area contributed by atoms with Crippen LogP contribution in [0.5, 0.6) is 0 Å². The number of anilines is 1. The van der Waals surface area contributed by atoms with Crippen molar-refractivity contribution >= 4 is 22.9 Å². The van der Waals surface area contributed by atoms with Crippen molar-refractivity contribution in [3.63, 3.8) is 0 Å². The quantitative estimate of drug-likeness (QED) is 0.915. The molecule has 1 heterocycles. The maximum absolute atomic E-state index is 12.4. The fourth-order valence-electron chi connectivity index (χ4n) is 2.38. The molecule has 1 aromatic carbocycles. The summed E-state index contributed by atoms with van der Waals surface area (Å²) in [4.78, 5) is 18.5. The van der Waals surface area contributed by atoms with E-state index in [1.165, 1.54) is 0 Å². The third kappa shape index (κ3) is 2.28. The second-order valence-electron chi connectivity index (χ2n) is 4.52. The molecule has 2 N–H and O–H groups in total. The highest BCUT2D eigenvalue weighted by atomic mass is 16.2. The summed E-state index contributed by atoms with van der Waals surface area (Å²) in [7, 11) is 0. The van der Waals surface area contributed by atoms with E-state index in [9.17, 15) is 4.79 Å². The van der Waals surface area contributed by atoms with E-state index in [-0.39, 0.29) is 11.9 Å². The number of imidazole rings is 1. The maximum atomic E-state index is 12.4. The van der Waals surface area contributed by atoms with Gasteiger partial charge in [-0.1, -0.05) is 12.1 Å². The van der Waals surface area contributed by atoms with E-state index < -0.39 is 0 Å². The van der Waals surface area contributed by atoms with Crippen molar-refractivity contribution in [2.24, 2.45) is 0 Å². The van der Waals surface area contributed by atoms with Crippen LogP contribution in [0.3, 0.4) is 0 Å². The van der Waals surface area contributed by atoms with Gasteiger partial charge in [-0.3, -0.25) is 9.36 Å². The smallest absolute Gasteiger partial charge is 0.245 e. The lowest BCUT2D eigenvalue weighted by molar-refractivity contribution is -0.133. The summed E-state index contributed by atoms with van der Waals surface area (Å²) in [5.74, 6) is 0.453. The van der Waals surface area contributed by atoms with Gasteiger partial charge in [0.25, 0.3) is 0 Å². The first-order chi connectivity index (χ1) is 9.10. The first-order valence-corrected chi connectivity index (χ1v) is 6.61. The number of para-hydroxylation sites is 2. The second kappa shape index (κ2) is 5.30. The largest absolute Gasteiger partial charge is 0.369 e. The Morgan fingerprint density at radius 2 is 2.00 bits per heavy atom.